The molecule has 0 spiro atoms. The highest BCUT2D eigenvalue weighted by Crippen LogP contribution is 2.39. The highest BCUT2D eigenvalue weighted by atomic mass is 19.1. The van der Waals surface area contributed by atoms with Gasteiger partial charge in [0.05, 0.1) is 11.3 Å². The maximum Gasteiger partial charge on any atom is 0.410 e. The van der Waals surface area contributed by atoms with Crippen molar-refractivity contribution in [3.05, 3.63) is 52.1 Å². The van der Waals surface area contributed by atoms with Gasteiger partial charge in [0.1, 0.15) is 12.0 Å². The fourth-order valence-electron chi connectivity index (χ4n) is 4.51. The van der Waals surface area contributed by atoms with Crippen LogP contribution in [-0.2, 0) is 14.3 Å². The first-order valence-electron chi connectivity index (χ1n) is 12.5. The maximum atomic E-state index is 14.2. The number of carbonyl (C=O) groups is 2. The monoisotopic (exact) mass is 515 g/mol. The Labute approximate surface area is 218 Å². The largest absolute Gasteiger partial charge is 0.428 e. The fourth-order valence-corrected chi connectivity index (χ4v) is 4.51. The standard InChI is InChI=1S/C27H38FN5O4/c1-8-32(9-2)13-12-29-25(36-7)24-17(3)22(30-18(24)4)15-21-20-14-19(28)10-11-23(20)33(26(21)34)16-37-27(35)31(5)6/h10-11,14-15,25,29-30H,8-9,12-13,16H2,1-7H3/b21-15-. The molecule has 2 amide bonds. The van der Waals surface area contributed by atoms with E-state index in [1.54, 1.807) is 27.3 Å². The lowest BCUT2D eigenvalue weighted by Crippen LogP contribution is -2.34. The van der Waals surface area contributed by atoms with E-state index in [0.29, 0.717) is 16.8 Å². The number of nitrogens with zero attached hydrogens (tertiary/aromatic N) is 3. The molecule has 202 valence electrons. The molecule has 0 radical (unpaired) electrons. The third-order valence-electron chi connectivity index (χ3n) is 6.67. The van der Waals surface area contributed by atoms with Crippen LogP contribution in [0.5, 0.6) is 0 Å². The Morgan fingerprint density at radius 3 is 2.57 bits per heavy atom. The molecular formula is C27H38FN5O4. The Morgan fingerprint density at radius 1 is 1.24 bits per heavy atom. The number of aromatic amines is 1. The van der Waals surface area contributed by atoms with E-state index in [1.165, 1.54) is 28.0 Å². The van der Waals surface area contributed by atoms with Crippen LogP contribution in [0.15, 0.2) is 18.2 Å². The lowest BCUT2D eigenvalue weighted by Gasteiger charge is -2.22. The predicted octanol–water partition coefficient (Wildman–Crippen LogP) is 3.89. The molecule has 9 nitrogen and oxygen atoms in total. The van der Waals surface area contributed by atoms with E-state index in [2.05, 4.69) is 29.0 Å². The Morgan fingerprint density at radius 2 is 1.95 bits per heavy atom. The van der Waals surface area contributed by atoms with Gasteiger partial charge in [-0.15, -0.1) is 0 Å². The first-order valence-corrected chi connectivity index (χ1v) is 12.5. The summed E-state index contributed by atoms with van der Waals surface area (Å²) in [4.78, 5) is 33.6. The zero-order valence-corrected chi connectivity index (χ0v) is 22.8. The van der Waals surface area contributed by atoms with Gasteiger partial charge < -0.3 is 24.3 Å². The van der Waals surface area contributed by atoms with E-state index in [0.717, 1.165) is 48.7 Å². The van der Waals surface area contributed by atoms with Crippen molar-refractivity contribution in [2.75, 3.05) is 59.0 Å². The number of H-pyrrole nitrogens is 1. The van der Waals surface area contributed by atoms with Gasteiger partial charge in [0.2, 0.25) is 0 Å². The van der Waals surface area contributed by atoms with Gasteiger partial charge in [-0.25, -0.2) is 9.18 Å². The first kappa shape index (κ1) is 28.4. The van der Waals surface area contributed by atoms with Gasteiger partial charge in [-0.3, -0.25) is 15.0 Å². The average Bonchev–Trinajstić information content (AvgIpc) is 3.29. The molecule has 0 bridgehead atoms. The molecule has 0 saturated heterocycles. The van der Waals surface area contributed by atoms with E-state index in [1.807, 2.05) is 13.8 Å². The molecule has 1 aromatic heterocycles. The SMILES string of the molecule is CCN(CC)CCNC(OC)c1c(C)[nH]c(/C=C2\C(=O)N(COC(=O)N(C)C)c3ccc(F)cc32)c1C. The maximum absolute atomic E-state index is 14.2. The summed E-state index contributed by atoms with van der Waals surface area (Å²) in [5.74, 6) is -0.831. The van der Waals surface area contributed by atoms with E-state index in [-0.39, 0.29) is 18.9 Å². The summed E-state index contributed by atoms with van der Waals surface area (Å²) in [6, 6.07) is 4.13. The Hall–Kier alpha value is -3.21. The number of nitrogens with one attached hydrogen (secondary N) is 2. The van der Waals surface area contributed by atoms with Gasteiger partial charge in [-0.1, -0.05) is 13.8 Å². The fraction of sp³-hybridized carbons (Fsp3) is 0.481. The third kappa shape index (κ3) is 6.20. The molecule has 37 heavy (non-hydrogen) atoms. The molecule has 10 heteroatoms. The number of aryl methyl sites for hydroxylation is 1. The van der Waals surface area contributed by atoms with Crippen LogP contribution in [0.2, 0.25) is 0 Å². The quantitative estimate of drug-likeness (QED) is 0.349. The van der Waals surface area contributed by atoms with Crippen LogP contribution in [0.4, 0.5) is 14.9 Å². The van der Waals surface area contributed by atoms with Crippen LogP contribution in [0.1, 0.15) is 48.2 Å². The van der Waals surface area contributed by atoms with E-state index in [4.69, 9.17) is 9.47 Å². The normalized spacial score (nSPS) is 15.0. The second kappa shape index (κ2) is 12.4. The number of benzene rings is 1. The molecular weight excluding hydrogens is 477 g/mol. The number of halogens is 1. The molecule has 2 aromatic rings. The second-order valence-electron chi connectivity index (χ2n) is 9.19. The molecule has 0 saturated carbocycles. The average molecular weight is 516 g/mol. The predicted molar refractivity (Wildman–Crippen MR) is 143 cm³/mol. The Kier molecular flexibility index (Phi) is 9.47. The summed E-state index contributed by atoms with van der Waals surface area (Å²) in [7, 11) is 4.77. The molecule has 3 rings (SSSR count). The van der Waals surface area contributed by atoms with Crippen molar-refractivity contribution in [3.63, 3.8) is 0 Å². The number of fused-ring (bicyclic) bond motifs is 1. The number of hydrogen-bond donors (Lipinski definition) is 2. The summed E-state index contributed by atoms with van der Waals surface area (Å²) in [6.45, 7) is 11.5. The topological polar surface area (TPSA) is 90.1 Å². The van der Waals surface area contributed by atoms with Crippen LogP contribution in [0.3, 0.4) is 0 Å². The van der Waals surface area contributed by atoms with E-state index < -0.39 is 11.9 Å². The van der Waals surface area contributed by atoms with Crippen molar-refractivity contribution in [1.82, 2.24) is 20.1 Å². The zero-order valence-electron chi connectivity index (χ0n) is 22.8. The second-order valence-corrected chi connectivity index (χ2v) is 9.19. The minimum atomic E-state index is -0.575. The number of hydrogen-bond acceptors (Lipinski definition) is 6. The number of amides is 2. The highest BCUT2D eigenvalue weighted by Gasteiger charge is 2.34. The summed E-state index contributed by atoms with van der Waals surface area (Å²) in [5.41, 5.74) is 4.78. The number of anilines is 1. The summed E-state index contributed by atoms with van der Waals surface area (Å²) < 4.78 is 25.2. The van der Waals surface area contributed by atoms with Crippen molar-refractivity contribution in [2.45, 2.75) is 33.9 Å². The zero-order chi connectivity index (χ0) is 27.3. The van der Waals surface area contributed by atoms with Gasteiger partial charge >= 0.3 is 6.09 Å². The van der Waals surface area contributed by atoms with E-state index in [9.17, 15) is 14.0 Å². The number of methoxy groups -OCH3 is 1. The lowest BCUT2D eigenvalue weighted by atomic mass is 10.0. The molecule has 1 atom stereocenters. The van der Waals surface area contributed by atoms with Gasteiger partial charge in [0.25, 0.3) is 5.91 Å². The highest BCUT2D eigenvalue weighted by molar-refractivity contribution is 6.35. The molecule has 0 fully saturated rings. The summed E-state index contributed by atoms with van der Waals surface area (Å²) in [6.07, 6.45) is 0.821. The minimum absolute atomic E-state index is 0.276. The van der Waals surface area contributed by atoms with Gasteiger partial charge in [-0.05, 0) is 56.8 Å². The number of aromatic nitrogens is 1. The summed E-state index contributed by atoms with van der Waals surface area (Å²) >= 11 is 0. The van der Waals surface area contributed by atoms with Crippen molar-refractivity contribution >= 4 is 29.3 Å². The Balaban J connectivity index is 1.91. The Bertz CT molecular complexity index is 1160. The molecule has 2 heterocycles. The van der Waals surface area contributed by atoms with Crippen molar-refractivity contribution < 1.29 is 23.5 Å². The van der Waals surface area contributed by atoms with E-state index >= 15 is 0 Å². The number of rotatable bonds is 11. The van der Waals surface area contributed by atoms with Gasteiger partial charge in [0.15, 0.2) is 6.73 Å². The molecule has 1 aliphatic heterocycles. The smallest absolute Gasteiger partial charge is 0.410 e. The van der Waals surface area contributed by atoms with Crippen LogP contribution < -0.4 is 10.2 Å². The van der Waals surface area contributed by atoms with Crippen LogP contribution in [-0.4, -0.2) is 80.9 Å². The third-order valence-corrected chi connectivity index (χ3v) is 6.67. The van der Waals surface area contributed by atoms with Crippen LogP contribution in [0.25, 0.3) is 11.6 Å². The van der Waals surface area contributed by atoms with Gasteiger partial charge in [-0.2, -0.15) is 0 Å². The van der Waals surface area contributed by atoms with Crippen LogP contribution in [0, 0.1) is 19.7 Å². The summed E-state index contributed by atoms with van der Waals surface area (Å²) in [5, 5.41) is 3.47. The van der Waals surface area contributed by atoms with Crippen molar-refractivity contribution in [1.29, 1.82) is 0 Å². The number of carbonyl (C=O) groups excluding carboxylic acids is 2. The molecule has 1 aliphatic rings. The minimum Gasteiger partial charge on any atom is -0.428 e. The lowest BCUT2D eigenvalue weighted by molar-refractivity contribution is -0.113. The molecule has 1 unspecified atom stereocenters. The molecule has 0 aliphatic carbocycles. The van der Waals surface area contributed by atoms with Crippen molar-refractivity contribution in [2.24, 2.45) is 0 Å². The first-order chi connectivity index (χ1) is 17.6. The number of ether oxygens (including phenoxy) is 2. The molecule has 1 aromatic carbocycles. The van der Waals surface area contributed by atoms with Crippen LogP contribution >= 0.6 is 0 Å². The van der Waals surface area contributed by atoms with Gasteiger partial charge in [0, 0.05) is 56.8 Å². The molecule has 2 N–H and O–H groups in total. The van der Waals surface area contributed by atoms with Crippen molar-refractivity contribution in [3.8, 4) is 0 Å². The number of likely N-dealkylation sites (N-methyl/N-ethyl adjacent to an activating group) is 1.